The summed E-state index contributed by atoms with van der Waals surface area (Å²) in [6.45, 7) is 7.10. The Labute approximate surface area is 94.7 Å². The molecule has 1 aliphatic heterocycles. The summed E-state index contributed by atoms with van der Waals surface area (Å²) in [6.07, 6.45) is 2.38. The summed E-state index contributed by atoms with van der Waals surface area (Å²) in [5.74, 6) is -0.638. The number of fused-ring (bicyclic) bond motifs is 1. The molecule has 1 aromatic carbocycles. The molecule has 1 heterocycles. The summed E-state index contributed by atoms with van der Waals surface area (Å²) in [6, 6.07) is 5.53. The van der Waals surface area contributed by atoms with Crippen LogP contribution in [0.15, 0.2) is 30.9 Å². The van der Waals surface area contributed by atoms with Crippen molar-refractivity contribution in [2.24, 2.45) is 0 Å². The van der Waals surface area contributed by atoms with Crippen LogP contribution in [0.25, 0.3) is 0 Å². The first kappa shape index (κ1) is 10.7. The predicted molar refractivity (Wildman–Crippen MR) is 60.5 cm³/mol. The van der Waals surface area contributed by atoms with Crippen molar-refractivity contribution in [3.05, 3.63) is 42.0 Å². The zero-order chi connectivity index (χ0) is 11.8. The van der Waals surface area contributed by atoms with Crippen molar-refractivity contribution in [1.82, 2.24) is 0 Å². The molecule has 0 aromatic heterocycles. The molecule has 0 unspecified atom stereocenters. The molecule has 0 bridgehead atoms. The van der Waals surface area contributed by atoms with Gasteiger partial charge in [-0.05, 0) is 18.1 Å². The lowest BCUT2D eigenvalue weighted by Gasteiger charge is -2.32. The van der Waals surface area contributed by atoms with E-state index in [1.165, 1.54) is 0 Å². The third-order valence-corrected chi connectivity index (χ3v) is 2.38. The van der Waals surface area contributed by atoms with Crippen LogP contribution in [-0.2, 0) is 11.2 Å². The van der Waals surface area contributed by atoms with E-state index in [0.29, 0.717) is 17.7 Å². The second kappa shape index (κ2) is 3.67. The number of ether oxygens (including phenoxy) is 2. The maximum absolute atomic E-state index is 11.9. The van der Waals surface area contributed by atoms with Crippen LogP contribution in [0.4, 0.5) is 0 Å². The van der Waals surface area contributed by atoms with Gasteiger partial charge < -0.3 is 9.47 Å². The van der Waals surface area contributed by atoms with Crippen LogP contribution < -0.4 is 4.74 Å². The van der Waals surface area contributed by atoms with Crippen molar-refractivity contribution in [3.8, 4) is 5.75 Å². The highest BCUT2D eigenvalue weighted by molar-refractivity contribution is 5.95. The molecule has 0 saturated heterocycles. The highest BCUT2D eigenvalue weighted by atomic mass is 16.7. The van der Waals surface area contributed by atoms with Gasteiger partial charge in [-0.15, -0.1) is 6.58 Å². The topological polar surface area (TPSA) is 35.5 Å². The molecule has 0 spiro atoms. The Morgan fingerprint density at radius 1 is 1.38 bits per heavy atom. The average molecular weight is 218 g/mol. The smallest absolute Gasteiger partial charge is 0.345 e. The van der Waals surface area contributed by atoms with E-state index in [9.17, 15) is 4.79 Å². The van der Waals surface area contributed by atoms with Gasteiger partial charge in [-0.2, -0.15) is 0 Å². The summed E-state index contributed by atoms with van der Waals surface area (Å²) in [5, 5.41) is 0. The van der Waals surface area contributed by atoms with Crippen molar-refractivity contribution in [1.29, 1.82) is 0 Å². The lowest BCUT2D eigenvalue weighted by Crippen LogP contribution is -2.39. The zero-order valence-corrected chi connectivity index (χ0v) is 9.45. The first-order valence-corrected chi connectivity index (χ1v) is 5.18. The summed E-state index contributed by atoms with van der Waals surface area (Å²) in [5.41, 5.74) is 1.40. The second-order valence-corrected chi connectivity index (χ2v) is 4.17. The minimum Gasteiger partial charge on any atom is -0.452 e. The molecule has 0 atom stereocenters. The van der Waals surface area contributed by atoms with E-state index >= 15 is 0 Å². The van der Waals surface area contributed by atoms with Crippen molar-refractivity contribution in [2.75, 3.05) is 0 Å². The molecule has 0 radical (unpaired) electrons. The normalized spacial score (nSPS) is 17.0. The number of esters is 1. The fraction of sp³-hybridized carbons (Fsp3) is 0.308. The van der Waals surface area contributed by atoms with E-state index in [2.05, 4.69) is 6.58 Å². The second-order valence-electron chi connectivity index (χ2n) is 4.17. The Morgan fingerprint density at radius 2 is 2.12 bits per heavy atom. The quantitative estimate of drug-likeness (QED) is 0.565. The Morgan fingerprint density at radius 3 is 2.81 bits per heavy atom. The Hall–Kier alpha value is -1.77. The molecule has 0 saturated carbocycles. The molecule has 0 aliphatic carbocycles. The number of carbonyl (C=O) groups is 1. The van der Waals surface area contributed by atoms with Gasteiger partial charge in [-0.1, -0.05) is 18.2 Å². The van der Waals surface area contributed by atoms with Crippen LogP contribution in [0.5, 0.6) is 5.75 Å². The predicted octanol–water partition coefficient (Wildman–Crippen LogP) is 2.70. The van der Waals surface area contributed by atoms with Crippen molar-refractivity contribution in [3.63, 3.8) is 0 Å². The van der Waals surface area contributed by atoms with E-state index in [1.54, 1.807) is 26.0 Å². The molecule has 0 amide bonds. The molecular weight excluding hydrogens is 204 g/mol. The molecular formula is C13H14O3. The highest BCUT2D eigenvalue weighted by Gasteiger charge is 2.34. The monoisotopic (exact) mass is 218 g/mol. The number of carbonyl (C=O) groups excluding carboxylic acids is 1. The summed E-state index contributed by atoms with van der Waals surface area (Å²) >= 11 is 0. The van der Waals surface area contributed by atoms with Crippen LogP contribution in [0.1, 0.15) is 29.8 Å². The largest absolute Gasteiger partial charge is 0.452 e. The fourth-order valence-corrected chi connectivity index (χ4v) is 1.78. The third-order valence-electron chi connectivity index (χ3n) is 2.38. The lowest BCUT2D eigenvalue weighted by molar-refractivity contribution is -0.127. The number of rotatable bonds is 2. The number of hydrogen-bond donors (Lipinski definition) is 0. The number of benzene rings is 1. The Kier molecular flexibility index (Phi) is 2.46. The van der Waals surface area contributed by atoms with E-state index in [4.69, 9.17) is 9.47 Å². The molecule has 1 aliphatic rings. The van der Waals surface area contributed by atoms with E-state index in [1.807, 2.05) is 12.1 Å². The molecule has 3 nitrogen and oxygen atoms in total. The van der Waals surface area contributed by atoms with Crippen molar-refractivity contribution < 1.29 is 14.3 Å². The van der Waals surface area contributed by atoms with Crippen LogP contribution in [-0.4, -0.2) is 11.8 Å². The standard InChI is InChI=1S/C13H14O3/c1-4-6-9-7-5-8-10-11(9)12(14)16-13(2,3)15-10/h4-5,7-8H,1,6H2,2-3H3. The summed E-state index contributed by atoms with van der Waals surface area (Å²) in [7, 11) is 0. The van der Waals surface area contributed by atoms with Gasteiger partial charge in [0.25, 0.3) is 0 Å². The van der Waals surface area contributed by atoms with Crippen molar-refractivity contribution in [2.45, 2.75) is 26.1 Å². The van der Waals surface area contributed by atoms with Crippen LogP contribution in [0.3, 0.4) is 0 Å². The van der Waals surface area contributed by atoms with Crippen molar-refractivity contribution >= 4 is 5.97 Å². The number of cyclic esters (lactones) is 1. The van der Waals surface area contributed by atoms with Gasteiger partial charge in [0.05, 0.1) is 0 Å². The minimum atomic E-state index is -0.892. The first-order chi connectivity index (χ1) is 7.53. The molecule has 0 fully saturated rings. The zero-order valence-electron chi connectivity index (χ0n) is 9.45. The van der Waals surface area contributed by atoms with E-state index < -0.39 is 5.79 Å². The minimum absolute atomic E-state index is 0.330. The third kappa shape index (κ3) is 1.81. The van der Waals surface area contributed by atoms with E-state index in [0.717, 1.165) is 5.56 Å². The van der Waals surface area contributed by atoms with Gasteiger partial charge in [0, 0.05) is 13.8 Å². The van der Waals surface area contributed by atoms with Crippen LogP contribution >= 0.6 is 0 Å². The van der Waals surface area contributed by atoms with Gasteiger partial charge in [-0.3, -0.25) is 0 Å². The molecule has 84 valence electrons. The SMILES string of the molecule is C=CCc1cccc2c1C(=O)OC(C)(C)O2. The molecule has 3 heteroatoms. The first-order valence-electron chi connectivity index (χ1n) is 5.18. The molecule has 1 aromatic rings. The van der Waals surface area contributed by atoms with Gasteiger partial charge in [0.15, 0.2) is 0 Å². The van der Waals surface area contributed by atoms with Gasteiger partial charge in [0.2, 0.25) is 5.79 Å². The maximum atomic E-state index is 11.9. The number of hydrogen-bond acceptors (Lipinski definition) is 3. The lowest BCUT2D eigenvalue weighted by atomic mass is 10.0. The summed E-state index contributed by atoms with van der Waals surface area (Å²) < 4.78 is 10.8. The number of allylic oxidation sites excluding steroid dienone is 1. The maximum Gasteiger partial charge on any atom is 0.345 e. The van der Waals surface area contributed by atoms with Gasteiger partial charge >= 0.3 is 5.97 Å². The molecule has 2 rings (SSSR count). The van der Waals surface area contributed by atoms with E-state index in [-0.39, 0.29) is 5.97 Å². The fourth-order valence-electron chi connectivity index (χ4n) is 1.78. The average Bonchev–Trinajstić information content (AvgIpc) is 2.15. The molecule has 16 heavy (non-hydrogen) atoms. The van der Waals surface area contributed by atoms with Gasteiger partial charge in [-0.25, -0.2) is 4.79 Å². The Balaban J connectivity index is 2.51. The van der Waals surface area contributed by atoms with Crippen LogP contribution in [0, 0.1) is 0 Å². The summed E-state index contributed by atoms with van der Waals surface area (Å²) in [4.78, 5) is 11.9. The molecule has 0 N–H and O–H groups in total. The Bertz CT molecular complexity index is 446. The highest BCUT2D eigenvalue weighted by Crippen LogP contribution is 2.33. The van der Waals surface area contributed by atoms with Gasteiger partial charge in [0.1, 0.15) is 11.3 Å². The van der Waals surface area contributed by atoms with Crippen LogP contribution in [0.2, 0.25) is 0 Å².